The lowest BCUT2D eigenvalue weighted by molar-refractivity contribution is -0.147. The summed E-state index contributed by atoms with van der Waals surface area (Å²) in [6, 6.07) is 8.85. The molecule has 1 fully saturated rings. The molecule has 3 unspecified atom stereocenters. The molecule has 7 nitrogen and oxygen atoms in total. The number of fused-ring (bicyclic) bond motifs is 1. The number of benzene rings is 2. The van der Waals surface area contributed by atoms with E-state index < -0.39 is 40.5 Å². The van der Waals surface area contributed by atoms with Crippen molar-refractivity contribution in [3.05, 3.63) is 69.7 Å². The van der Waals surface area contributed by atoms with Gasteiger partial charge in [0.05, 0.1) is 0 Å². The fraction of sp³-hybridized carbons (Fsp3) is 0.273. The van der Waals surface area contributed by atoms with Crippen molar-refractivity contribution in [3.63, 3.8) is 0 Å². The quantitative estimate of drug-likeness (QED) is 0.355. The summed E-state index contributed by atoms with van der Waals surface area (Å²) in [6.45, 7) is 0.127. The van der Waals surface area contributed by atoms with E-state index in [1.807, 2.05) is 0 Å². The van der Waals surface area contributed by atoms with Crippen molar-refractivity contribution in [3.8, 4) is 0 Å². The predicted octanol–water partition coefficient (Wildman–Crippen LogP) is -2.29. The van der Waals surface area contributed by atoms with Gasteiger partial charge in [0, 0.05) is 33.8 Å². The molecule has 37 heavy (non-hydrogen) atoms. The number of rotatable bonds is 5. The first-order valence-electron chi connectivity index (χ1n) is 11.9. The second-order valence-electron chi connectivity index (χ2n) is 10.3. The van der Waals surface area contributed by atoms with E-state index in [1.54, 1.807) is 49.6 Å². The Bertz CT molecular complexity index is 1310. The third-order valence-electron chi connectivity index (χ3n) is 7.50. The van der Waals surface area contributed by atoms with Crippen LogP contribution in [-0.2, 0) is 32.2 Å². The molecule has 4 rings (SSSR count). The molecule has 0 aromatic heterocycles. The first kappa shape index (κ1) is 27.0. The molecule has 2 aliphatic heterocycles. The number of halogens is 3. The second-order valence-corrected chi connectivity index (χ2v) is 10.7. The van der Waals surface area contributed by atoms with Gasteiger partial charge in [-0.3, -0.25) is 19.2 Å². The SMILES string of the molecule is BC1C(=O)N(B)C(=O)C(N2Cc3cc(C(B)(B)NC(=O)C(F)(F)c4ccc(Cl)cc4)ccc3C2=O)C1B. The molecule has 2 heterocycles. The standard InChI is InChI=1S/C22H23B5ClF2N3O4/c23-14-15(24)18(35)33(27)19(36)16(14)32-8-9-7-11(3-6-13(9)17(32)34)22(25,26)31-20(37)21(29,30)10-1-4-12(28)5-2-10/h1-7,14-16H,8,23-27H2,(H,31,37). The number of alkyl halides is 2. The van der Waals surface area contributed by atoms with Gasteiger partial charge in [0.15, 0.2) is 0 Å². The minimum Gasteiger partial charge on any atom is -0.357 e. The van der Waals surface area contributed by atoms with Gasteiger partial charge in [0.2, 0.25) is 19.8 Å². The number of carbonyl (C=O) groups excluding carboxylic acids is 4. The monoisotopic (exact) mass is 521 g/mol. The summed E-state index contributed by atoms with van der Waals surface area (Å²) in [5.41, 5.74) is 1.04. The first-order valence-corrected chi connectivity index (χ1v) is 12.3. The van der Waals surface area contributed by atoms with Gasteiger partial charge >= 0.3 is 5.92 Å². The fourth-order valence-corrected chi connectivity index (χ4v) is 5.06. The molecule has 0 radical (unpaired) electrons. The number of hydrogen-bond donors (Lipinski definition) is 1. The van der Waals surface area contributed by atoms with Gasteiger partial charge in [0.25, 0.3) is 11.8 Å². The topological polar surface area (TPSA) is 86.8 Å². The van der Waals surface area contributed by atoms with Crippen molar-refractivity contribution in [2.24, 2.45) is 0 Å². The lowest BCUT2D eigenvalue weighted by Crippen LogP contribution is -2.58. The summed E-state index contributed by atoms with van der Waals surface area (Å²) < 4.78 is 29.7. The third kappa shape index (κ3) is 4.60. The summed E-state index contributed by atoms with van der Waals surface area (Å²) in [6.07, 6.45) is 0. The smallest absolute Gasteiger partial charge is 0.349 e. The summed E-state index contributed by atoms with van der Waals surface area (Å²) in [5.74, 6) is -7.12. The van der Waals surface area contributed by atoms with Crippen LogP contribution in [0.25, 0.3) is 0 Å². The van der Waals surface area contributed by atoms with E-state index in [0.29, 0.717) is 16.7 Å². The molecule has 1 saturated heterocycles. The van der Waals surface area contributed by atoms with Crippen LogP contribution in [0, 0.1) is 0 Å². The van der Waals surface area contributed by atoms with Crippen molar-refractivity contribution >= 4 is 74.6 Å². The molecule has 0 bridgehead atoms. The van der Waals surface area contributed by atoms with Gasteiger partial charge in [-0.1, -0.05) is 35.9 Å². The maximum Gasteiger partial charge on any atom is 0.349 e. The molecule has 0 aliphatic carbocycles. The molecule has 186 valence electrons. The Morgan fingerprint density at radius 1 is 1.00 bits per heavy atom. The van der Waals surface area contributed by atoms with Gasteiger partial charge in [-0.2, -0.15) is 8.78 Å². The van der Waals surface area contributed by atoms with E-state index in [9.17, 15) is 28.0 Å². The van der Waals surface area contributed by atoms with Crippen molar-refractivity contribution in [2.75, 3.05) is 0 Å². The zero-order chi connectivity index (χ0) is 27.4. The van der Waals surface area contributed by atoms with Crippen molar-refractivity contribution < 1.29 is 28.0 Å². The van der Waals surface area contributed by atoms with E-state index in [2.05, 4.69) is 5.32 Å². The van der Waals surface area contributed by atoms with Gasteiger partial charge in [0.1, 0.15) is 37.4 Å². The lowest BCUT2D eigenvalue weighted by Gasteiger charge is -2.42. The highest BCUT2D eigenvalue weighted by atomic mass is 35.5. The van der Waals surface area contributed by atoms with Crippen LogP contribution in [0.4, 0.5) is 8.78 Å². The van der Waals surface area contributed by atoms with Crippen LogP contribution in [0.5, 0.6) is 0 Å². The Labute approximate surface area is 222 Å². The highest BCUT2D eigenvalue weighted by Crippen LogP contribution is 2.38. The van der Waals surface area contributed by atoms with Crippen molar-refractivity contribution in [2.45, 2.75) is 35.5 Å². The minimum atomic E-state index is -3.79. The molecule has 0 saturated carbocycles. The largest absolute Gasteiger partial charge is 0.357 e. The molecule has 15 heteroatoms. The molecule has 0 spiro atoms. The third-order valence-corrected chi connectivity index (χ3v) is 7.76. The summed E-state index contributed by atoms with van der Waals surface area (Å²) in [5, 5.41) is 1.49. The van der Waals surface area contributed by atoms with Crippen molar-refractivity contribution in [1.82, 2.24) is 15.0 Å². The van der Waals surface area contributed by atoms with E-state index >= 15 is 0 Å². The molecule has 2 aromatic rings. The molecule has 3 atom stereocenters. The number of piperidine rings is 1. The Balaban J connectivity index is 1.57. The van der Waals surface area contributed by atoms with Crippen LogP contribution >= 0.6 is 11.6 Å². The number of imide groups is 1. The van der Waals surface area contributed by atoms with Crippen LogP contribution < -0.4 is 5.32 Å². The highest BCUT2D eigenvalue weighted by molar-refractivity contribution is 6.41. The molecule has 4 amide bonds. The first-order chi connectivity index (χ1) is 17.2. The normalized spacial score (nSPS) is 22.2. The fourth-order valence-electron chi connectivity index (χ4n) is 4.93. The highest BCUT2D eigenvalue weighted by Gasteiger charge is 2.48. The van der Waals surface area contributed by atoms with Gasteiger partial charge in [-0.15, -0.1) is 0 Å². The Morgan fingerprint density at radius 2 is 1.59 bits per heavy atom. The lowest BCUT2D eigenvalue weighted by atomic mass is 9.57. The molecular weight excluding hydrogens is 498 g/mol. The maximum atomic E-state index is 14.9. The number of hydrogen-bond acceptors (Lipinski definition) is 4. The van der Waals surface area contributed by atoms with E-state index in [-0.39, 0.29) is 29.2 Å². The molecule has 1 N–H and O–H groups in total. The molecular formula is C22H23B5ClF2N3O4. The Hall–Kier alpha value is -3.01. The maximum absolute atomic E-state index is 14.9. The summed E-state index contributed by atoms with van der Waals surface area (Å²) >= 11 is 5.77. The number of amides is 4. The Morgan fingerprint density at radius 3 is 2.22 bits per heavy atom. The second kappa shape index (κ2) is 9.38. The summed E-state index contributed by atoms with van der Waals surface area (Å²) in [7, 11) is 8.11. The van der Waals surface area contributed by atoms with Crippen LogP contribution in [0.2, 0.25) is 16.7 Å². The van der Waals surface area contributed by atoms with Gasteiger partial charge in [-0.25, -0.2) is 0 Å². The minimum absolute atomic E-state index is 0.127. The number of nitrogens with zero attached hydrogens (tertiary/aromatic N) is 2. The summed E-state index contributed by atoms with van der Waals surface area (Å²) in [4.78, 5) is 53.6. The Kier molecular flexibility index (Phi) is 6.86. The predicted molar refractivity (Wildman–Crippen MR) is 147 cm³/mol. The van der Waals surface area contributed by atoms with Crippen LogP contribution in [0.15, 0.2) is 42.5 Å². The van der Waals surface area contributed by atoms with Crippen LogP contribution in [0.1, 0.15) is 27.0 Å². The molecule has 2 aromatic carbocycles. The van der Waals surface area contributed by atoms with E-state index in [4.69, 9.17) is 11.6 Å². The number of carbonyl (C=O) groups is 4. The van der Waals surface area contributed by atoms with E-state index in [1.165, 1.54) is 25.0 Å². The average molecular weight is 521 g/mol. The van der Waals surface area contributed by atoms with Crippen LogP contribution in [0.3, 0.4) is 0 Å². The van der Waals surface area contributed by atoms with Crippen LogP contribution in [-0.4, -0.2) is 78.7 Å². The van der Waals surface area contributed by atoms with Gasteiger partial charge < -0.3 is 15.0 Å². The van der Waals surface area contributed by atoms with E-state index in [0.717, 1.165) is 16.9 Å². The zero-order valence-corrected chi connectivity index (χ0v) is 21.9. The average Bonchev–Trinajstić information content (AvgIpc) is 3.17. The zero-order valence-electron chi connectivity index (χ0n) is 21.1. The molecule has 2 aliphatic rings. The number of nitrogens with one attached hydrogen (secondary N) is 1. The van der Waals surface area contributed by atoms with Gasteiger partial charge in [-0.05, 0) is 35.1 Å². The van der Waals surface area contributed by atoms with Crippen molar-refractivity contribution in [1.29, 1.82) is 0 Å².